The monoisotopic (exact) mass is 312 g/mol. The Hall–Kier alpha value is -2.34. The maximum atomic E-state index is 12.1. The molecule has 2 aromatic carbocycles. The smallest absolute Gasteiger partial charge is 0.251 e. The van der Waals surface area contributed by atoms with Crippen molar-refractivity contribution in [3.05, 3.63) is 54.1 Å². The Labute approximate surface area is 132 Å². The minimum absolute atomic E-state index is 0.0744. The molecule has 0 atom stereocenters. The molecule has 0 spiro atoms. The van der Waals surface area contributed by atoms with Gasteiger partial charge < -0.3 is 5.32 Å². The number of carbonyl (C=O) groups excluding carboxylic acids is 1. The molecule has 0 radical (unpaired) electrons. The van der Waals surface area contributed by atoms with Gasteiger partial charge in [0.2, 0.25) is 0 Å². The topological polar surface area (TPSA) is 70.7 Å². The zero-order valence-electron chi connectivity index (χ0n) is 12.0. The van der Waals surface area contributed by atoms with Crippen LogP contribution >= 0.6 is 11.8 Å². The van der Waals surface area contributed by atoms with E-state index >= 15 is 0 Å². The van der Waals surface area contributed by atoms with Gasteiger partial charge in [0.1, 0.15) is 11.0 Å². The molecule has 1 aromatic heterocycles. The van der Waals surface area contributed by atoms with E-state index in [4.69, 9.17) is 0 Å². The first-order valence-corrected chi connectivity index (χ1v) is 8.08. The fourth-order valence-electron chi connectivity index (χ4n) is 2.06. The first-order chi connectivity index (χ1) is 10.8. The van der Waals surface area contributed by atoms with Gasteiger partial charge in [0.15, 0.2) is 0 Å². The Morgan fingerprint density at radius 2 is 1.91 bits per heavy atom. The summed E-state index contributed by atoms with van der Waals surface area (Å²) in [5, 5.41) is 13.4. The lowest BCUT2D eigenvalue weighted by molar-refractivity contribution is 0.0954. The van der Waals surface area contributed by atoms with Crippen LogP contribution in [-0.4, -0.2) is 33.6 Å². The van der Waals surface area contributed by atoms with Crippen LogP contribution in [0, 0.1) is 0 Å². The molecule has 0 aliphatic carbocycles. The van der Waals surface area contributed by atoms with Crippen LogP contribution in [0.25, 0.3) is 11.0 Å². The SMILES string of the molecule is O=C(NCCCSc1ccccc1)c1ccc2n[nH]nc2c1. The molecular formula is C16H16N4OS. The van der Waals surface area contributed by atoms with Gasteiger partial charge in [0.25, 0.3) is 5.91 Å². The summed E-state index contributed by atoms with van der Waals surface area (Å²) in [7, 11) is 0. The highest BCUT2D eigenvalue weighted by molar-refractivity contribution is 7.99. The fourth-order valence-corrected chi connectivity index (χ4v) is 2.94. The van der Waals surface area contributed by atoms with Gasteiger partial charge in [-0.2, -0.15) is 15.4 Å². The Kier molecular flexibility index (Phi) is 4.70. The minimum Gasteiger partial charge on any atom is -0.352 e. The number of nitrogens with one attached hydrogen (secondary N) is 2. The van der Waals surface area contributed by atoms with Gasteiger partial charge in [0, 0.05) is 17.0 Å². The maximum Gasteiger partial charge on any atom is 0.251 e. The fraction of sp³-hybridized carbons (Fsp3) is 0.188. The molecule has 0 bridgehead atoms. The number of hydrogen-bond donors (Lipinski definition) is 2. The van der Waals surface area contributed by atoms with E-state index in [9.17, 15) is 4.79 Å². The highest BCUT2D eigenvalue weighted by Gasteiger charge is 2.07. The van der Waals surface area contributed by atoms with E-state index in [1.54, 1.807) is 30.0 Å². The van der Waals surface area contributed by atoms with Gasteiger partial charge in [-0.25, -0.2) is 0 Å². The molecule has 6 heteroatoms. The number of H-pyrrole nitrogens is 1. The second-order valence-electron chi connectivity index (χ2n) is 4.80. The van der Waals surface area contributed by atoms with Gasteiger partial charge in [-0.3, -0.25) is 4.79 Å². The van der Waals surface area contributed by atoms with Gasteiger partial charge in [-0.05, 0) is 42.5 Å². The second kappa shape index (κ2) is 7.09. The quantitative estimate of drug-likeness (QED) is 0.542. The number of nitrogens with zero attached hydrogens (tertiary/aromatic N) is 2. The summed E-state index contributed by atoms with van der Waals surface area (Å²) in [5.74, 6) is 0.904. The summed E-state index contributed by atoms with van der Waals surface area (Å²) in [5.41, 5.74) is 2.07. The lowest BCUT2D eigenvalue weighted by atomic mass is 10.2. The first-order valence-electron chi connectivity index (χ1n) is 7.09. The number of amides is 1. The third-order valence-corrected chi connectivity index (χ3v) is 4.30. The summed E-state index contributed by atoms with van der Waals surface area (Å²) in [6.45, 7) is 0.662. The van der Waals surface area contributed by atoms with Crippen LogP contribution < -0.4 is 5.32 Å². The molecule has 3 rings (SSSR count). The van der Waals surface area contributed by atoms with Crippen molar-refractivity contribution in [3.8, 4) is 0 Å². The van der Waals surface area contributed by atoms with Crippen molar-refractivity contribution < 1.29 is 4.79 Å². The number of fused-ring (bicyclic) bond motifs is 1. The van der Waals surface area contributed by atoms with Crippen LogP contribution in [0.5, 0.6) is 0 Å². The lowest BCUT2D eigenvalue weighted by Gasteiger charge is -2.05. The van der Waals surface area contributed by atoms with E-state index in [0.717, 1.165) is 17.7 Å². The zero-order valence-corrected chi connectivity index (χ0v) is 12.8. The Bertz CT molecular complexity index is 757. The molecule has 22 heavy (non-hydrogen) atoms. The number of aromatic amines is 1. The van der Waals surface area contributed by atoms with E-state index in [0.29, 0.717) is 17.6 Å². The van der Waals surface area contributed by atoms with E-state index < -0.39 is 0 Å². The molecule has 0 fully saturated rings. The van der Waals surface area contributed by atoms with Crippen molar-refractivity contribution in [1.29, 1.82) is 0 Å². The Balaban J connectivity index is 1.44. The molecule has 112 valence electrons. The van der Waals surface area contributed by atoms with E-state index in [1.807, 2.05) is 18.2 Å². The minimum atomic E-state index is -0.0744. The largest absolute Gasteiger partial charge is 0.352 e. The van der Waals surface area contributed by atoms with E-state index in [-0.39, 0.29) is 5.91 Å². The van der Waals surface area contributed by atoms with Crippen molar-refractivity contribution >= 4 is 28.7 Å². The zero-order chi connectivity index (χ0) is 15.2. The Morgan fingerprint density at radius 1 is 1.09 bits per heavy atom. The predicted octanol–water partition coefficient (Wildman–Crippen LogP) is 2.87. The van der Waals surface area contributed by atoms with Crippen LogP contribution in [-0.2, 0) is 0 Å². The molecule has 0 aliphatic heterocycles. The average Bonchev–Trinajstić information content (AvgIpc) is 3.03. The number of benzene rings is 2. The van der Waals surface area contributed by atoms with Crippen molar-refractivity contribution in [2.24, 2.45) is 0 Å². The molecule has 0 saturated carbocycles. The van der Waals surface area contributed by atoms with Crippen LogP contribution in [0.4, 0.5) is 0 Å². The molecule has 1 heterocycles. The number of rotatable bonds is 6. The highest BCUT2D eigenvalue weighted by Crippen LogP contribution is 2.17. The second-order valence-corrected chi connectivity index (χ2v) is 5.97. The van der Waals surface area contributed by atoms with Crippen LogP contribution in [0.3, 0.4) is 0 Å². The number of thioether (sulfide) groups is 1. The van der Waals surface area contributed by atoms with Crippen LogP contribution in [0.1, 0.15) is 16.8 Å². The first kappa shape index (κ1) is 14.6. The van der Waals surface area contributed by atoms with Crippen molar-refractivity contribution in [1.82, 2.24) is 20.7 Å². The van der Waals surface area contributed by atoms with Gasteiger partial charge >= 0.3 is 0 Å². The van der Waals surface area contributed by atoms with E-state index in [2.05, 4.69) is 32.9 Å². The summed E-state index contributed by atoms with van der Waals surface area (Å²) >= 11 is 1.80. The predicted molar refractivity (Wildman–Crippen MR) is 88.0 cm³/mol. The molecule has 0 saturated heterocycles. The average molecular weight is 312 g/mol. The van der Waals surface area contributed by atoms with Crippen LogP contribution in [0.2, 0.25) is 0 Å². The lowest BCUT2D eigenvalue weighted by Crippen LogP contribution is -2.24. The van der Waals surface area contributed by atoms with Crippen molar-refractivity contribution in [2.75, 3.05) is 12.3 Å². The molecule has 0 aliphatic rings. The summed E-state index contributed by atoms with van der Waals surface area (Å²) in [6.07, 6.45) is 0.928. The third kappa shape index (κ3) is 3.65. The summed E-state index contributed by atoms with van der Waals surface area (Å²) in [6, 6.07) is 15.6. The van der Waals surface area contributed by atoms with Crippen LogP contribution in [0.15, 0.2) is 53.4 Å². The van der Waals surface area contributed by atoms with Gasteiger partial charge in [-0.15, -0.1) is 11.8 Å². The van der Waals surface area contributed by atoms with Gasteiger partial charge in [0.05, 0.1) is 0 Å². The van der Waals surface area contributed by atoms with Crippen molar-refractivity contribution in [3.63, 3.8) is 0 Å². The molecular weight excluding hydrogens is 296 g/mol. The van der Waals surface area contributed by atoms with Gasteiger partial charge in [-0.1, -0.05) is 18.2 Å². The molecule has 2 N–H and O–H groups in total. The normalized spacial score (nSPS) is 10.7. The number of hydrogen-bond acceptors (Lipinski definition) is 4. The summed E-state index contributed by atoms with van der Waals surface area (Å²) < 4.78 is 0. The molecule has 5 nitrogen and oxygen atoms in total. The standard InChI is InChI=1S/C16H16N4OS/c21-16(12-7-8-14-15(11-12)19-20-18-14)17-9-4-10-22-13-5-2-1-3-6-13/h1-3,5-8,11H,4,9-10H2,(H,17,21)(H,18,19,20). The maximum absolute atomic E-state index is 12.1. The summed E-state index contributed by atoms with van der Waals surface area (Å²) in [4.78, 5) is 13.3. The van der Waals surface area contributed by atoms with E-state index in [1.165, 1.54) is 4.90 Å². The highest BCUT2D eigenvalue weighted by atomic mass is 32.2. The number of carbonyl (C=O) groups is 1. The number of aromatic nitrogens is 3. The molecule has 3 aromatic rings. The Morgan fingerprint density at radius 3 is 2.77 bits per heavy atom. The molecule has 0 unspecified atom stereocenters. The third-order valence-electron chi connectivity index (χ3n) is 3.20. The van der Waals surface area contributed by atoms with Crippen molar-refractivity contribution in [2.45, 2.75) is 11.3 Å². The molecule has 1 amide bonds.